The van der Waals surface area contributed by atoms with Gasteiger partial charge in [-0.05, 0) is 24.6 Å². The van der Waals surface area contributed by atoms with Crippen molar-refractivity contribution in [3.8, 4) is 0 Å². The maximum atomic E-state index is 13.0. The molecule has 3 aromatic heterocycles. The number of hydrogen-bond acceptors (Lipinski definition) is 8. The fourth-order valence-corrected chi connectivity index (χ4v) is 4.13. The van der Waals surface area contributed by atoms with Crippen LogP contribution in [0.2, 0.25) is 0 Å². The lowest BCUT2D eigenvalue weighted by Gasteiger charge is -2.04. The lowest BCUT2D eigenvalue weighted by Crippen LogP contribution is -2.24. The monoisotopic (exact) mass is 426 g/mol. The topological polar surface area (TPSA) is 101 Å². The maximum Gasteiger partial charge on any atom is 0.348 e. The van der Waals surface area contributed by atoms with Crippen molar-refractivity contribution in [1.82, 2.24) is 9.55 Å². The number of hydrogen-bond donors (Lipinski definition) is 0. The normalized spacial score (nSPS) is 11.3. The number of furan rings is 1. The molecule has 0 unspecified atom stereocenters. The number of methoxy groups -OCH3 is 1. The van der Waals surface area contributed by atoms with Gasteiger partial charge in [-0.1, -0.05) is 18.2 Å². The van der Waals surface area contributed by atoms with Gasteiger partial charge in [-0.25, -0.2) is 9.78 Å². The van der Waals surface area contributed by atoms with Gasteiger partial charge >= 0.3 is 5.97 Å². The third-order valence-electron chi connectivity index (χ3n) is 4.64. The van der Waals surface area contributed by atoms with Crippen molar-refractivity contribution in [2.75, 3.05) is 20.3 Å². The highest BCUT2D eigenvalue weighted by Crippen LogP contribution is 2.27. The van der Waals surface area contributed by atoms with Crippen LogP contribution in [-0.4, -0.2) is 41.6 Å². The van der Waals surface area contributed by atoms with E-state index >= 15 is 0 Å². The average molecular weight is 426 g/mol. The first-order valence-corrected chi connectivity index (χ1v) is 9.97. The molecule has 1 aromatic carbocycles. The second-order valence-electron chi connectivity index (χ2n) is 6.61. The molecule has 0 N–H and O–H groups in total. The highest BCUT2D eigenvalue weighted by molar-refractivity contribution is 7.20. The van der Waals surface area contributed by atoms with E-state index in [4.69, 9.17) is 13.9 Å². The van der Waals surface area contributed by atoms with Crippen LogP contribution < -0.4 is 5.56 Å². The van der Waals surface area contributed by atoms with Crippen molar-refractivity contribution >= 4 is 44.3 Å². The highest BCUT2D eigenvalue weighted by atomic mass is 32.1. The Bertz CT molecular complexity index is 1280. The number of carbonyl (C=O) groups excluding carboxylic acids is 2. The van der Waals surface area contributed by atoms with Gasteiger partial charge in [0.25, 0.3) is 5.56 Å². The Hall–Kier alpha value is -3.30. The van der Waals surface area contributed by atoms with Gasteiger partial charge in [0, 0.05) is 12.5 Å². The summed E-state index contributed by atoms with van der Waals surface area (Å²) in [5, 5.41) is 1.12. The summed E-state index contributed by atoms with van der Waals surface area (Å²) < 4.78 is 16.8. The van der Waals surface area contributed by atoms with Crippen LogP contribution in [-0.2, 0) is 16.0 Å². The Morgan fingerprint density at radius 3 is 2.80 bits per heavy atom. The number of para-hydroxylation sites is 1. The molecular weight excluding hydrogens is 408 g/mol. The van der Waals surface area contributed by atoms with E-state index in [2.05, 4.69) is 4.98 Å². The summed E-state index contributed by atoms with van der Waals surface area (Å²) in [6.45, 7) is 1.85. The Labute approximate surface area is 174 Å². The number of ketones is 1. The van der Waals surface area contributed by atoms with E-state index in [1.807, 2.05) is 18.2 Å². The van der Waals surface area contributed by atoms with E-state index in [1.165, 1.54) is 18.0 Å². The molecular formula is C21H18N2O6S. The van der Waals surface area contributed by atoms with Crippen LogP contribution in [0.3, 0.4) is 0 Å². The SMILES string of the molecule is COCCOC(=O)c1sc2ncn(CC(=O)c3cc4ccccc4o3)c(=O)c2c1C. The number of rotatable bonds is 7. The van der Waals surface area contributed by atoms with Crippen LogP contribution in [0.5, 0.6) is 0 Å². The van der Waals surface area contributed by atoms with Crippen molar-refractivity contribution in [3.63, 3.8) is 0 Å². The number of thiophene rings is 1. The highest BCUT2D eigenvalue weighted by Gasteiger charge is 2.21. The predicted molar refractivity (Wildman–Crippen MR) is 111 cm³/mol. The molecule has 0 fully saturated rings. The lowest BCUT2D eigenvalue weighted by atomic mass is 10.2. The van der Waals surface area contributed by atoms with Gasteiger partial charge in [0.1, 0.15) is 21.9 Å². The predicted octanol–water partition coefficient (Wildman–Crippen LogP) is 3.20. The van der Waals surface area contributed by atoms with Crippen LogP contribution in [0.15, 0.2) is 45.9 Å². The first-order chi connectivity index (χ1) is 14.5. The second-order valence-corrected chi connectivity index (χ2v) is 7.61. The van der Waals surface area contributed by atoms with E-state index in [9.17, 15) is 14.4 Å². The molecule has 0 atom stereocenters. The second kappa shape index (κ2) is 8.21. The molecule has 0 aliphatic carbocycles. The first kappa shape index (κ1) is 20.0. The van der Waals surface area contributed by atoms with Gasteiger partial charge in [-0.2, -0.15) is 0 Å². The van der Waals surface area contributed by atoms with Gasteiger partial charge in [-0.3, -0.25) is 14.2 Å². The fourth-order valence-electron chi connectivity index (χ4n) is 3.10. The smallest absolute Gasteiger partial charge is 0.348 e. The largest absolute Gasteiger partial charge is 0.459 e. The molecule has 3 heterocycles. The van der Waals surface area contributed by atoms with Gasteiger partial charge in [0.05, 0.1) is 24.9 Å². The maximum absolute atomic E-state index is 13.0. The molecule has 0 saturated carbocycles. The van der Waals surface area contributed by atoms with Crippen molar-refractivity contribution in [2.24, 2.45) is 0 Å². The summed E-state index contributed by atoms with van der Waals surface area (Å²) in [6, 6.07) is 8.94. The van der Waals surface area contributed by atoms with E-state index in [1.54, 1.807) is 19.1 Å². The minimum absolute atomic E-state index is 0.118. The Balaban J connectivity index is 1.63. The minimum Gasteiger partial charge on any atom is -0.459 e. The zero-order chi connectivity index (χ0) is 21.3. The van der Waals surface area contributed by atoms with Gasteiger partial charge in [-0.15, -0.1) is 11.3 Å². The zero-order valence-electron chi connectivity index (χ0n) is 16.3. The van der Waals surface area contributed by atoms with Crippen molar-refractivity contribution in [2.45, 2.75) is 13.5 Å². The molecule has 0 aliphatic rings. The number of fused-ring (bicyclic) bond motifs is 2. The molecule has 8 nitrogen and oxygen atoms in total. The van der Waals surface area contributed by atoms with Crippen LogP contribution >= 0.6 is 11.3 Å². The lowest BCUT2D eigenvalue weighted by molar-refractivity contribution is 0.0393. The van der Waals surface area contributed by atoms with Crippen LogP contribution in [0.1, 0.15) is 25.8 Å². The number of carbonyl (C=O) groups is 2. The summed E-state index contributed by atoms with van der Waals surface area (Å²) in [6.07, 6.45) is 1.31. The zero-order valence-corrected chi connectivity index (χ0v) is 17.2. The number of aryl methyl sites for hydroxylation is 1. The van der Waals surface area contributed by atoms with Crippen molar-refractivity contribution < 1.29 is 23.5 Å². The van der Waals surface area contributed by atoms with E-state index in [0.717, 1.165) is 16.7 Å². The van der Waals surface area contributed by atoms with Crippen LogP contribution in [0.4, 0.5) is 0 Å². The standard InChI is InChI=1S/C21H18N2O6S/c1-12-17-19(30-18(12)21(26)28-8-7-27-2)22-11-23(20(17)25)10-14(24)16-9-13-5-3-4-6-15(13)29-16/h3-6,9,11H,7-8,10H2,1-2H3. The summed E-state index contributed by atoms with van der Waals surface area (Å²) >= 11 is 1.09. The van der Waals surface area contributed by atoms with E-state index in [0.29, 0.717) is 26.2 Å². The molecule has 0 saturated heterocycles. The summed E-state index contributed by atoms with van der Waals surface area (Å²) in [4.78, 5) is 42.9. The van der Waals surface area contributed by atoms with E-state index < -0.39 is 11.5 Å². The third-order valence-corrected chi connectivity index (χ3v) is 5.82. The molecule has 0 bridgehead atoms. The quantitative estimate of drug-likeness (QED) is 0.254. The van der Waals surface area contributed by atoms with E-state index in [-0.39, 0.29) is 31.3 Å². The number of esters is 1. The van der Waals surface area contributed by atoms with Crippen LogP contribution in [0.25, 0.3) is 21.2 Å². The fraction of sp³-hybridized carbons (Fsp3) is 0.238. The number of nitrogens with zero attached hydrogens (tertiary/aromatic N) is 2. The summed E-state index contributed by atoms with van der Waals surface area (Å²) in [5.74, 6) is -0.703. The first-order valence-electron chi connectivity index (χ1n) is 9.16. The molecule has 154 valence electrons. The number of benzene rings is 1. The minimum atomic E-state index is -0.531. The molecule has 0 aliphatic heterocycles. The molecule has 9 heteroatoms. The molecule has 0 spiro atoms. The Morgan fingerprint density at radius 1 is 1.23 bits per heavy atom. The molecule has 4 aromatic rings. The number of ether oxygens (including phenoxy) is 2. The average Bonchev–Trinajstić information content (AvgIpc) is 3.32. The number of aromatic nitrogens is 2. The Kier molecular flexibility index (Phi) is 5.47. The van der Waals surface area contributed by atoms with Gasteiger partial charge in [0.15, 0.2) is 5.76 Å². The molecule has 0 radical (unpaired) electrons. The number of Topliss-reactive ketones (excluding diaryl/α,β-unsaturated/α-hetero) is 1. The van der Waals surface area contributed by atoms with Crippen molar-refractivity contribution in [3.05, 3.63) is 63.2 Å². The molecule has 30 heavy (non-hydrogen) atoms. The summed E-state index contributed by atoms with van der Waals surface area (Å²) in [5.41, 5.74) is 0.696. The van der Waals surface area contributed by atoms with Gasteiger partial charge < -0.3 is 13.9 Å². The molecule has 4 rings (SSSR count). The summed E-state index contributed by atoms with van der Waals surface area (Å²) in [7, 11) is 1.51. The van der Waals surface area contributed by atoms with Gasteiger partial charge in [0.2, 0.25) is 5.78 Å². The third kappa shape index (κ3) is 3.64. The Morgan fingerprint density at radius 2 is 2.03 bits per heavy atom. The van der Waals surface area contributed by atoms with Crippen molar-refractivity contribution in [1.29, 1.82) is 0 Å². The molecule has 0 amide bonds. The van der Waals surface area contributed by atoms with Crippen LogP contribution in [0, 0.1) is 6.92 Å².